The van der Waals surface area contributed by atoms with Crippen LogP contribution in [-0.4, -0.2) is 11.5 Å². The molecule has 0 aliphatic heterocycles. The van der Waals surface area contributed by atoms with Crippen molar-refractivity contribution in [3.05, 3.63) is 108 Å². The number of allylic oxidation sites excluding steroid dienone is 1. The standard InChI is InChI=1S/C23H18N2O/c26-23-20-14-8-7-13-19(20)21(25-18-11-5-2-6-12-18)15-22(23)24-16-17-9-3-1-4-10-17/h1-15,25H,16H2. The normalized spacial score (nSPS) is 14.7. The summed E-state index contributed by atoms with van der Waals surface area (Å²) in [6.07, 6.45) is 1.85. The molecule has 0 unspecified atom stereocenters. The predicted molar refractivity (Wildman–Crippen MR) is 106 cm³/mol. The van der Waals surface area contributed by atoms with E-state index in [4.69, 9.17) is 0 Å². The summed E-state index contributed by atoms with van der Waals surface area (Å²) in [4.78, 5) is 17.4. The number of ketones is 1. The van der Waals surface area contributed by atoms with Crippen LogP contribution in [0.2, 0.25) is 0 Å². The minimum absolute atomic E-state index is 0.0323. The molecule has 0 heterocycles. The number of benzene rings is 3. The maximum Gasteiger partial charge on any atom is 0.211 e. The summed E-state index contributed by atoms with van der Waals surface area (Å²) in [5, 5.41) is 3.41. The Morgan fingerprint density at radius 1 is 0.731 bits per heavy atom. The van der Waals surface area contributed by atoms with Crippen LogP contribution >= 0.6 is 0 Å². The van der Waals surface area contributed by atoms with Crippen molar-refractivity contribution < 1.29 is 4.79 Å². The zero-order valence-corrected chi connectivity index (χ0v) is 14.2. The summed E-state index contributed by atoms with van der Waals surface area (Å²) in [6, 6.07) is 27.5. The maximum absolute atomic E-state index is 12.8. The van der Waals surface area contributed by atoms with Gasteiger partial charge in [0.1, 0.15) is 5.71 Å². The van der Waals surface area contributed by atoms with E-state index in [1.54, 1.807) is 0 Å². The molecule has 0 saturated carbocycles. The molecule has 0 saturated heterocycles. The van der Waals surface area contributed by atoms with Gasteiger partial charge in [-0.05, 0) is 23.8 Å². The van der Waals surface area contributed by atoms with E-state index >= 15 is 0 Å². The van der Waals surface area contributed by atoms with Gasteiger partial charge in [0, 0.05) is 22.5 Å². The average molecular weight is 338 g/mol. The van der Waals surface area contributed by atoms with Gasteiger partial charge in [-0.1, -0.05) is 72.8 Å². The van der Waals surface area contributed by atoms with Crippen LogP contribution in [0.5, 0.6) is 0 Å². The highest BCUT2D eigenvalue weighted by Gasteiger charge is 2.23. The van der Waals surface area contributed by atoms with Gasteiger partial charge < -0.3 is 5.32 Å². The van der Waals surface area contributed by atoms with Crippen molar-refractivity contribution in [1.82, 2.24) is 0 Å². The molecule has 4 rings (SSSR count). The number of para-hydroxylation sites is 1. The van der Waals surface area contributed by atoms with Crippen molar-refractivity contribution in [3.8, 4) is 0 Å². The first-order valence-corrected chi connectivity index (χ1v) is 8.57. The Bertz CT molecular complexity index is 989. The summed E-state index contributed by atoms with van der Waals surface area (Å²) in [5.74, 6) is -0.0323. The number of carbonyl (C=O) groups excluding carboxylic acids is 1. The number of Topliss-reactive ketones (excluding diaryl/α,β-unsaturated/α-hetero) is 1. The Labute approximate surface area is 152 Å². The number of fused-ring (bicyclic) bond motifs is 1. The van der Waals surface area contributed by atoms with Crippen molar-refractivity contribution in [1.29, 1.82) is 0 Å². The first-order valence-electron chi connectivity index (χ1n) is 8.57. The third kappa shape index (κ3) is 3.33. The lowest BCUT2D eigenvalue weighted by Gasteiger charge is -2.19. The fourth-order valence-electron chi connectivity index (χ4n) is 2.99. The van der Waals surface area contributed by atoms with Crippen LogP contribution in [0.15, 0.2) is 96.0 Å². The van der Waals surface area contributed by atoms with E-state index in [0.29, 0.717) is 17.8 Å². The molecule has 0 spiro atoms. The van der Waals surface area contributed by atoms with Crippen molar-refractivity contribution in [3.63, 3.8) is 0 Å². The van der Waals surface area contributed by atoms with Crippen LogP contribution in [0.1, 0.15) is 21.5 Å². The molecule has 1 N–H and O–H groups in total. The minimum atomic E-state index is -0.0323. The second kappa shape index (κ2) is 7.19. The lowest BCUT2D eigenvalue weighted by Crippen LogP contribution is -2.21. The molecule has 3 aromatic carbocycles. The highest BCUT2D eigenvalue weighted by atomic mass is 16.1. The first-order chi connectivity index (χ1) is 12.8. The van der Waals surface area contributed by atoms with Crippen LogP contribution < -0.4 is 5.32 Å². The number of rotatable bonds is 4. The van der Waals surface area contributed by atoms with Gasteiger partial charge >= 0.3 is 0 Å². The van der Waals surface area contributed by atoms with Gasteiger partial charge in [-0.2, -0.15) is 0 Å². The molecule has 0 atom stereocenters. The molecule has 3 nitrogen and oxygen atoms in total. The molecule has 26 heavy (non-hydrogen) atoms. The first kappa shape index (κ1) is 16.0. The SMILES string of the molecule is O=C1C(=NCc2ccccc2)C=C(Nc2ccccc2)c2ccccc21. The van der Waals surface area contributed by atoms with Crippen LogP contribution in [0.3, 0.4) is 0 Å². The Balaban J connectivity index is 1.71. The number of nitrogens with zero attached hydrogens (tertiary/aromatic N) is 1. The lowest BCUT2D eigenvalue weighted by molar-refractivity contribution is 0.106. The number of nitrogens with one attached hydrogen (secondary N) is 1. The minimum Gasteiger partial charge on any atom is -0.355 e. The van der Waals surface area contributed by atoms with E-state index in [1.807, 2.05) is 91.0 Å². The third-order valence-electron chi connectivity index (χ3n) is 4.30. The van der Waals surface area contributed by atoms with Gasteiger partial charge in [-0.3, -0.25) is 9.79 Å². The van der Waals surface area contributed by atoms with Crippen molar-refractivity contribution in [2.75, 3.05) is 5.32 Å². The van der Waals surface area contributed by atoms with Crippen LogP contribution in [0.25, 0.3) is 5.70 Å². The van der Waals surface area contributed by atoms with E-state index < -0.39 is 0 Å². The zero-order valence-electron chi connectivity index (χ0n) is 14.2. The number of hydrogen-bond acceptors (Lipinski definition) is 3. The fourth-order valence-corrected chi connectivity index (χ4v) is 2.99. The number of hydrogen-bond donors (Lipinski definition) is 1. The van der Waals surface area contributed by atoms with E-state index in [1.165, 1.54) is 0 Å². The monoisotopic (exact) mass is 338 g/mol. The highest BCUT2D eigenvalue weighted by molar-refractivity contribution is 6.53. The predicted octanol–water partition coefficient (Wildman–Crippen LogP) is 4.98. The van der Waals surface area contributed by atoms with Crippen LogP contribution in [-0.2, 0) is 6.54 Å². The molecule has 1 aliphatic rings. The molecule has 1 aliphatic carbocycles. The van der Waals surface area contributed by atoms with Crippen molar-refractivity contribution in [2.45, 2.75) is 6.54 Å². The Morgan fingerprint density at radius 2 is 1.35 bits per heavy atom. The van der Waals surface area contributed by atoms with Crippen LogP contribution in [0.4, 0.5) is 5.69 Å². The quantitative estimate of drug-likeness (QED) is 0.729. The summed E-state index contributed by atoms with van der Waals surface area (Å²) < 4.78 is 0. The van der Waals surface area contributed by atoms with Crippen LogP contribution in [0, 0.1) is 0 Å². The summed E-state index contributed by atoms with van der Waals surface area (Å²) >= 11 is 0. The smallest absolute Gasteiger partial charge is 0.211 e. The van der Waals surface area contributed by atoms with Gasteiger partial charge in [-0.25, -0.2) is 0 Å². The summed E-state index contributed by atoms with van der Waals surface area (Å²) in [7, 11) is 0. The maximum atomic E-state index is 12.8. The zero-order chi connectivity index (χ0) is 17.8. The molecule has 0 bridgehead atoms. The molecular weight excluding hydrogens is 320 g/mol. The summed E-state index contributed by atoms with van der Waals surface area (Å²) in [5.41, 5.74) is 5.01. The molecule has 0 aromatic heterocycles. The molecule has 0 amide bonds. The second-order valence-electron chi connectivity index (χ2n) is 6.11. The third-order valence-corrected chi connectivity index (χ3v) is 4.30. The Morgan fingerprint density at radius 3 is 2.08 bits per heavy atom. The molecule has 126 valence electrons. The molecule has 3 aromatic rings. The highest BCUT2D eigenvalue weighted by Crippen LogP contribution is 2.27. The number of carbonyl (C=O) groups is 1. The van der Waals surface area contributed by atoms with Crippen molar-refractivity contribution >= 4 is 22.9 Å². The summed E-state index contributed by atoms with van der Waals surface area (Å²) in [6.45, 7) is 0.485. The van der Waals surface area contributed by atoms with Gasteiger partial charge in [-0.15, -0.1) is 0 Å². The number of anilines is 1. The van der Waals surface area contributed by atoms with E-state index in [0.717, 1.165) is 22.5 Å². The fraction of sp³-hybridized carbons (Fsp3) is 0.0435. The lowest BCUT2D eigenvalue weighted by atomic mass is 9.92. The topological polar surface area (TPSA) is 41.5 Å². The van der Waals surface area contributed by atoms with Crippen molar-refractivity contribution in [2.24, 2.45) is 4.99 Å². The molecule has 0 radical (unpaired) electrons. The van der Waals surface area contributed by atoms with Gasteiger partial charge in [0.15, 0.2) is 0 Å². The number of aliphatic imine (C=N–C) groups is 1. The average Bonchev–Trinajstić information content (AvgIpc) is 2.71. The molecule has 0 fully saturated rings. The second-order valence-corrected chi connectivity index (χ2v) is 6.11. The van der Waals surface area contributed by atoms with Gasteiger partial charge in [0.2, 0.25) is 5.78 Å². The van der Waals surface area contributed by atoms with E-state index in [9.17, 15) is 4.79 Å². The molecular formula is C23H18N2O. The van der Waals surface area contributed by atoms with E-state index in [2.05, 4.69) is 10.3 Å². The Hall–Kier alpha value is -3.46. The van der Waals surface area contributed by atoms with Gasteiger partial charge in [0.25, 0.3) is 0 Å². The van der Waals surface area contributed by atoms with Gasteiger partial charge in [0.05, 0.1) is 6.54 Å². The molecule has 3 heteroatoms. The van der Waals surface area contributed by atoms with E-state index in [-0.39, 0.29) is 5.78 Å². The largest absolute Gasteiger partial charge is 0.355 e. The Kier molecular flexibility index (Phi) is 4.44.